The summed E-state index contributed by atoms with van der Waals surface area (Å²) in [5.41, 5.74) is 1.60. The third-order valence-electron chi connectivity index (χ3n) is 6.98. The second-order valence-corrected chi connectivity index (χ2v) is 10.5. The maximum Gasteiger partial charge on any atom is 0.220 e. The second-order valence-electron chi connectivity index (χ2n) is 10.5. The molecule has 1 N–H and O–H groups in total. The van der Waals surface area contributed by atoms with Gasteiger partial charge in [-0.2, -0.15) is 0 Å². The van der Waals surface area contributed by atoms with Crippen molar-refractivity contribution in [2.45, 2.75) is 83.1 Å². The maximum absolute atomic E-state index is 12.5. The minimum atomic E-state index is 0.134. The second kappa shape index (κ2) is 7.14. The summed E-state index contributed by atoms with van der Waals surface area (Å²) < 4.78 is 5.84. The first-order valence-electron chi connectivity index (χ1n) is 10.9. The molecule has 4 aliphatic carbocycles. The van der Waals surface area contributed by atoms with Crippen molar-refractivity contribution >= 4 is 5.91 Å². The van der Waals surface area contributed by atoms with Crippen LogP contribution in [-0.2, 0) is 10.2 Å². The van der Waals surface area contributed by atoms with Crippen molar-refractivity contribution in [1.29, 1.82) is 0 Å². The van der Waals surface area contributed by atoms with E-state index in [0.717, 1.165) is 29.9 Å². The quantitative estimate of drug-likeness (QED) is 0.698. The van der Waals surface area contributed by atoms with Gasteiger partial charge in [0.05, 0.1) is 6.61 Å². The van der Waals surface area contributed by atoms with Crippen molar-refractivity contribution in [1.82, 2.24) is 5.32 Å². The SMILES string of the molecule is CC(C)(C)c1ccc(OCCCC(=O)NC23CC4CC(CC(C4)C2)C3)cc1. The summed E-state index contributed by atoms with van der Waals surface area (Å²) in [7, 11) is 0. The summed E-state index contributed by atoms with van der Waals surface area (Å²) in [6.07, 6.45) is 9.26. The van der Waals surface area contributed by atoms with Crippen LogP contribution in [0.3, 0.4) is 0 Å². The molecule has 1 aromatic carbocycles. The Hall–Kier alpha value is -1.51. The van der Waals surface area contributed by atoms with Gasteiger partial charge in [0.25, 0.3) is 0 Å². The van der Waals surface area contributed by atoms with E-state index in [1.807, 2.05) is 12.1 Å². The van der Waals surface area contributed by atoms with Gasteiger partial charge in [-0.15, -0.1) is 0 Å². The monoisotopic (exact) mass is 369 g/mol. The van der Waals surface area contributed by atoms with Gasteiger partial charge in [0.2, 0.25) is 5.91 Å². The van der Waals surface area contributed by atoms with E-state index in [1.165, 1.54) is 44.1 Å². The Balaban J connectivity index is 1.20. The number of hydrogen-bond acceptors (Lipinski definition) is 2. The summed E-state index contributed by atoms with van der Waals surface area (Å²) in [5.74, 6) is 3.73. The van der Waals surface area contributed by atoms with Gasteiger partial charge >= 0.3 is 0 Å². The molecule has 0 spiro atoms. The summed E-state index contributed by atoms with van der Waals surface area (Å²) in [6.45, 7) is 7.24. The molecule has 1 amide bonds. The zero-order valence-electron chi connectivity index (χ0n) is 17.2. The van der Waals surface area contributed by atoms with Gasteiger partial charge in [0.1, 0.15) is 5.75 Å². The lowest BCUT2D eigenvalue weighted by Crippen LogP contribution is -2.59. The lowest BCUT2D eigenvalue weighted by atomic mass is 9.53. The molecule has 3 heteroatoms. The average molecular weight is 370 g/mol. The minimum absolute atomic E-state index is 0.134. The van der Waals surface area contributed by atoms with Crippen molar-refractivity contribution in [3.05, 3.63) is 29.8 Å². The Kier molecular flexibility index (Phi) is 4.98. The van der Waals surface area contributed by atoms with Gasteiger partial charge in [0.15, 0.2) is 0 Å². The van der Waals surface area contributed by atoms with Gasteiger partial charge in [-0.3, -0.25) is 4.79 Å². The van der Waals surface area contributed by atoms with Crippen LogP contribution >= 0.6 is 0 Å². The number of hydrogen-bond donors (Lipinski definition) is 1. The molecule has 5 rings (SSSR count). The average Bonchev–Trinajstić information content (AvgIpc) is 2.57. The third kappa shape index (κ3) is 4.33. The number of carbonyl (C=O) groups is 1. The lowest BCUT2D eigenvalue weighted by molar-refractivity contribution is -0.127. The van der Waals surface area contributed by atoms with E-state index in [4.69, 9.17) is 4.74 Å². The van der Waals surface area contributed by atoms with Crippen molar-refractivity contribution in [3.63, 3.8) is 0 Å². The normalized spacial score (nSPS) is 31.7. The molecular formula is C24H35NO2. The first kappa shape index (κ1) is 18.8. The largest absolute Gasteiger partial charge is 0.494 e. The highest BCUT2D eigenvalue weighted by Crippen LogP contribution is 2.55. The number of carbonyl (C=O) groups excluding carboxylic acids is 1. The summed E-state index contributed by atoms with van der Waals surface area (Å²) in [6, 6.07) is 8.34. The molecule has 4 aliphatic rings. The summed E-state index contributed by atoms with van der Waals surface area (Å²) >= 11 is 0. The molecular weight excluding hydrogens is 334 g/mol. The van der Waals surface area contributed by atoms with Gasteiger partial charge in [-0.1, -0.05) is 32.9 Å². The Morgan fingerprint density at radius 2 is 1.59 bits per heavy atom. The van der Waals surface area contributed by atoms with Crippen molar-refractivity contribution in [2.24, 2.45) is 17.8 Å². The van der Waals surface area contributed by atoms with Crippen LogP contribution in [-0.4, -0.2) is 18.1 Å². The molecule has 3 nitrogen and oxygen atoms in total. The Morgan fingerprint density at radius 1 is 1.04 bits per heavy atom. The predicted octanol–water partition coefficient (Wildman–Crippen LogP) is 5.23. The van der Waals surface area contributed by atoms with E-state index in [1.54, 1.807) is 0 Å². The van der Waals surface area contributed by atoms with Crippen LogP contribution in [0.15, 0.2) is 24.3 Å². The fourth-order valence-corrected chi connectivity index (χ4v) is 6.10. The number of nitrogens with one attached hydrogen (secondary N) is 1. The van der Waals surface area contributed by atoms with Crippen LogP contribution in [0.1, 0.15) is 77.7 Å². The lowest BCUT2D eigenvalue weighted by Gasteiger charge is -2.56. The van der Waals surface area contributed by atoms with Gasteiger partial charge in [-0.05, 0) is 85.8 Å². The highest BCUT2D eigenvalue weighted by Gasteiger charge is 2.51. The molecule has 4 bridgehead atoms. The van der Waals surface area contributed by atoms with Crippen LogP contribution in [0.2, 0.25) is 0 Å². The fraction of sp³-hybridized carbons (Fsp3) is 0.708. The Morgan fingerprint density at radius 3 is 2.11 bits per heavy atom. The zero-order valence-corrected chi connectivity index (χ0v) is 17.2. The van der Waals surface area contributed by atoms with E-state index < -0.39 is 0 Å². The van der Waals surface area contributed by atoms with E-state index >= 15 is 0 Å². The van der Waals surface area contributed by atoms with Gasteiger partial charge in [-0.25, -0.2) is 0 Å². The number of ether oxygens (including phenoxy) is 1. The Bertz CT molecular complexity index is 635. The topological polar surface area (TPSA) is 38.3 Å². The molecule has 148 valence electrons. The van der Waals surface area contributed by atoms with E-state index in [9.17, 15) is 4.79 Å². The molecule has 0 saturated heterocycles. The first-order chi connectivity index (χ1) is 12.8. The molecule has 0 aromatic heterocycles. The first-order valence-corrected chi connectivity index (χ1v) is 10.9. The van der Waals surface area contributed by atoms with Crippen LogP contribution in [0, 0.1) is 17.8 Å². The van der Waals surface area contributed by atoms with Crippen molar-refractivity contribution in [3.8, 4) is 5.75 Å². The molecule has 0 atom stereocenters. The minimum Gasteiger partial charge on any atom is -0.494 e. The molecule has 0 heterocycles. The van der Waals surface area contributed by atoms with Crippen molar-refractivity contribution in [2.75, 3.05) is 6.61 Å². The van der Waals surface area contributed by atoms with Crippen LogP contribution in [0.25, 0.3) is 0 Å². The van der Waals surface area contributed by atoms with E-state index in [-0.39, 0.29) is 16.9 Å². The highest BCUT2D eigenvalue weighted by molar-refractivity contribution is 5.76. The molecule has 0 aliphatic heterocycles. The maximum atomic E-state index is 12.5. The van der Waals surface area contributed by atoms with Crippen LogP contribution < -0.4 is 10.1 Å². The molecule has 0 radical (unpaired) electrons. The molecule has 27 heavy (non-hydrogen) atoms. The Labute approximate surface area is 164 Å². The third-order valence-corrected chi connectivity index (χ3v) is 6.98. The fourth-order valence-electron chi connectivity index (χ4n) is 6.10. The highest BCUT2D eigenvalue weighted by atomic mass is 16.5. The van der Waals surface area contributed by atoms with E-state index in [2.05, 4.69) is 38.2 Å². The standard InChI is InChI=1S/C24H35NO2/c1-23(2,3)20-6-8-21(9-7-20)27-10-4-5-22(26)25-24-14-17-11-18(15-24)13-19(12-17)16-24/h6-9,17-19H,4-5,10-16H2,1-3H3,(H,25,26). The van der Waals surface area contributed by atoms with Gasteiger partial charge < -0.3 is 10.1 Å². The number of rotatable bonds is 6. The smallest absolute Gasteiger partial charge is 0.220 e. The zero-order chi connectivity index (χ0) is 19.1. The van der Waals surface area contributed by atoms with Crippen LogP contribution in [0.4, 0.5) is 0 Å². The molecule has 1 aromatic rings. The van der Waals surface area contributed by atoms with Crippen LogP contribution in [0.5, 0.6) is 5.75 Å². The molecule has 4 fully saturated rings. The van der Waals surface area contributed by atoms with Crippen molar-refractivity contribution < 1.29 is 9.53 Å². The summed E-state index contributed by atoms with van der Waals surface area (Å²) in [4.78, 5) is 12.5. The number of benzene rings is 1. The summed E-state index contributed by atoms with van der Waals surface area (Å²) in [5, 5.41) is 3.45. The predicted molar refractivity (Wildman–Crippen MR) is 109 cm³/mol. The number of amides is 1. The molecule has 0 unspecified atom stereocenters. The van der Waals surface area contributed by atoms with E-state index in [0.29, 0.717) is 13.0 Å². The van der Waals surface area contributed by atoms with Gasteiger partial charge in [0, 0.05) is 12.0 Å². The molecule has 4 saturated carbocycles.